The van der Waals surface area contributed by atoms with Gasteiger partial charge in [-0.15, -0.1) is 11.3 Å². The second kappa shape index (κ2) is 9.35. The van der Waals surface area contributed by atoms with E-state index in [1.165, 1.54) is 11.3 Å². The molecule has 3 aromatic rings. The van der Waals surface area contributed by atoms with Gasteiger partial charge in [-0.25, -0.2) is 0 Å². The van der Waals surface area contributed by atoms with Gasteiger partial charge in [0.15, 0.2) is 5.78 Å². The highest BCUT2D eigenvalue weighted by atomic mass is 32.1. The lowest BCUT2D eigenvalue weighted by molar-refractivity contribution is -0.144. The molecular weight excluding hydrogens is 388 g/mol. The van der Waals surface area contributed by atoms with Crippen molar-refractivity contribution in [3.8, 4) is 11.1 Å². The van der Waals surface area contributed by atoms with Crippen LogP contribution < -0.4 is 0 Å². The largest absolute Gasteiger partial charge is 0.464 e. The number of para-hydroxylation sites is 1. The van der Waals surface area contributed by atoms with Gasteiger partial charge in [-0.1, -0.05) is 18.2 Å². The Bertz CT molecular complexity index is 988. The number of benzene rings is 1. The van der Waals surface area contributed by atoms with Crippen LogP contribution in [0.2, 0.25) is 0 Å². The molecule has 4 rings (SSSR count). The zero-order valence-electron chi connectivity index (χ0n) is 16.2. The average Bonchev–Trinajstić information content (AvgIpc) is 3.40. The lowest BCUT2D eigenvalue weighted by Crippen LogP contribution is -2.38. The molecule has 0 amide bonds. The number of hydrogen-bond donors (Lipinski definition) is 1. The van der Waals surface area contributed by atoms with Gasteiger partial charge in [-0.05, 0) is 23.1 Å². The fourth-order valence-electron chi connectivity index (χ4n) is 3.46. The molecule has 7 heteroatoms. The number of aromatic amines is 1. The molecule has 1 aliphatic heterocycles. The minimum atomic E-state index is -0.319. The Labute approximate surface area is 173 Å². The van der Waals surface area contributed by atoms with Crippen molar-refractivity contribution in [2.75, 3.05) is 39.5 Å². The van der Waals surface area contributed by atoms with E-state index in [4.69, 9.17) is 9.47 Å². The van der Waals surface area contributed by atoms with E-state index in [1.807, 2.05) is 35.8 Å². The summed E-state index contributed by atoms with van der Waals surface area (Å²) in [5.74, 6) is -0.341. The number of ether oxygens (including phenoxy) is 2. The highest BCUT2D eigenvalue weighted by Crippen LogP contribution is 2.32. The third kappa shape index (κ3) is 4.93. The average molecular weight is 413 g/mol. The predicted molar refractivity (Wildman–Crippen MR) is 113 cm³/mol. The Kier molecular flexibility index (Phi) is 6.39. The first-order chi connectivity index (χ1) is 14.2. The minimum absolute atomic E-state index is 0.0220. The summed E-state index contributed by atoms with van der Waals surface area (Å²) in [6, 6.07) is 10.00. The van der Waals surface area contributed by atoms with Crippen molar-refractivity contribution in [3.05, 3.63) is 46.8 Å². The number of esters is 1. The van der Waals surface area contributed by atoms with E-state index in [2.05, 4.69) is 16.0 Å². The molecule has 1 fully saturated rings. The van der Waals surface area contributed by atoms with Crippen molar-refractivity contribution >= 4 is 34.0 Å². The molecule has 0 radical (unpaired) electrons. The van der Waals surface area contributed by atoms with E-state index in [0.717, 1.165) is 48.3 Å². The van der Waals surface area contributed by atoms with Gasteiger partial charge < -0.3 is 14.5 Å². The van der Waals surface area contributed by atoms with Crippen LogP contribution in [-0.4, -0.2) is 61.1 Å². The van der Waals surface area contributed by atoms with Crippen molar-refractivity contribution in [3.63, 3.8) is 0 Å². The molecule has 1 aliphatic rings. The van der Waals surface area contributed by atoms with Crippen LogP contribution in [0.25, 0.3) is 22.0 Å². The number of morpholine rings is 1. The summed E-state index contributed by atoms with van der Waals surface area (Å²) in [7, 11) is 0. The fraction of sp³-hybridized carbons (Fsp3) is 0.364. The normalized spacial score (nSPS) is 14.9. The number of aromatic nitrogens is 1. The lowest BCUT2D eigenvalue weighted by atomic mass is 10.1. The molecule has 1 saturated heterocycles. The molecule has 152 valence electrons. The molecule has 1 aromatic carbocycles. The summed E-state index contributed by atoms with van der Waals surface area (Å²) in [6.45, 7) is 4.26. The summed E-state index contributed by atoms with van der Waals surface area (Å²) < 4.78 is 10.6. The first kappa shape index (κ1) is 19.8. The maximum Gasteiger partial charge on any atom is 0.306 e. The van der Waals surface area contributed by atoms with Crippen molar-refractivity contribution < 1.29 is 19.1 Å². The quantitative estimate of drug-likeness (QED) is 0.451. The van der Waals surface area contributed by atoms with Crippen LogP contribution in [0.1, 0.15) is 22.5 Å². The zero-order chi connectivity index (χ0) is 20.1. The summed E-state index contributed by atoms with van der Waals surface area (Å²) in [4.78, 5) is 30.6. The third-order valence-electron chi connectivity index (χ3n) is 5.10. The molecule has 0 spiro atoms. The van der Waals surface area contributed by atoms with Crippen molar-refractivity contribution in [1.82, 2.24) is 9.88 Å². The van der Waals surface area contributed by atoms with E-state index in [-0.39, 0.29) is 24.6 Å². The van der Waals surface area contributed by atoms with Crippen LogP contribution in [0.15, 0.2) is 41.9 Å². The molecule has 0 bridgehead atoms. The van der Waals surface area contributed by atoms with Crippen LogP contribution in [-0.2, 0) is 14.3 Å². The number of rotatable bonds is 8. The first-order valence-corrected chi connectivity index (χ1v) is 10.7. The molecule has 3 heterocycles. The molecule has 6 nitrogen and oxygen atoms in total. The molecule has 0 unspecified atom stereocenters. The number of nitrogens with one attached hydrogen (secondary N) is 1. The Morgan fingerprint density at radius 1 is 1.17 bits per heavy atom. The highest BCUT2D eigenvalue weighted by Gasteiger charge is 2.15. The number of Topliss-reactive ketones (excluding diaryl/α,β-unsaturated/α-hetero) is 1. The van der Waals surface area contributed by atoms with Crippen molar-refractivity contribution in [2.45, 2.75) is 12.8 Å². The maximum absolute atomic E-state index is 12.5. The lowest BCUT2D eigenvalue weighted by Gasteiger charge is -2.26. The Morgan fingerprint density at radius 2 is 2.00 bits per heavy atom. The maximum atomic E-state index is 12.5. The predicted octanol–water partition coefficient (Wildman–Crippen LogP) is 3.73. The summed E-state index contributed by atoms with van der Waals surface area (Å²) in [6.07, 6.45) is 2.25. The number of H-pyrrole nitrogens is 1. The van der Waals surface area contributed by atoms with Crippen LogP contribution in [0, 0.1) is 0 Å². The van der Waals surface area contributed by atoms with Crippen molar-refractivity contribution in [2.24, 2.45) is 0 Å². The van der Waals surface area contributed by atoms with Gasteiger partial charge in [-0.2, -0.15) is 0 Å². The smallest absolute Gasteiger partial charge is 0.306 e. The number of thiophene rings is 1. The second-order valence-electron chi connectivity index (χ2n) is 7.05. The molecule has 0 aliphatic carbocycles. The zero-order valence-corrected chi connectivity index (χ0v) is 17.0. The van der Waals surface area contributed by atoms with E-state index in [9.17, 15) is 9.59 Å². The van der Waals surface area contributed by atoms with Gasteiger partial charge in [0.05, 0.1) is 24.5 Å². The summed E-state index contributed by atoms with van der Waals surface area (Å²) >= 11 is 1.42. The van der Waals surface area contributed by atoms with E-state index in [0.29, 0.717) is 18.0 Å². The number of hydrogen-bond acceptors (Lipinski definition) is 6. The number of nitrogens with zero attached hydrogens (tertiary/aromatic N) is 1. The van der Waals surface area contributed by atoms with Crippen molar-refractivity contribution in [1.29, 1.82) is 0 Å². The second-order valence-corrected chi connectivity index (χ2v) is 7.96. The SMILES string of the molecule is O=C(CCC(=O)c1cc(-c2c[nH]c3ccccc23)cs1)OCCN1CCOCC1. The number of fused-ring (bicyclic) bond motifs is 1. The summed E-state index contributed by atoms with van der Waals surface area (Å²) in [5.41, 5.74) is 3.17. The van der Waals surface area contributed by atoms with Gasteiger partial charge in [0.1, 0.15) is 6.61 Å². The van der Waals surface area contributed by atoms with Gasteiger partial charge in [0, 0.05) is 48.7 Å². The van der Waals surface area contributed by atoms with Crippen LogP contribution >= 0.6 is 11.3 Å². The molecular formula is C22H24N2O4S. The molecule has 29 heavy (non-hydrogen) atoms. The summed E-state index contributed by atoms with van der Waals surface area (Å²) in [5, 5.41) is 3.12. The number of carbonyl (C=O) groups is 2. The van der Waals surface area contributed by atoms with Gasteiger partial charge >= 0.3 is 5.97 Å². The van der Waals surface area contributed by atoms with Crippen LogP contribution in [0.4, 0.5) is 0 Å². The highest BCUT2D eigenvalue weighted by molar-refractivity contribution is 7.12. The third-order valence-corrected chi connectivity index (χ3v) is 6.08. The molecule has 0 saturated carbocycles. The van der Waals surface area contributed by atoms with Gasteiger partial charge in [0.25, 0.3) is 0 Å². The van der Waals surface area contributed by atoms with Gasteiger partial charge in [0.2, 0.25) is 0 Å². The molecule has 0 atom stereocenters. The monoisotopic (exact) mass is 412 g/mol. The van der Waals surface area contributed by atoms with E-state index >= 15 is 0 Å². The fourth-order valence-corrected chi connectivity index (χ4v) is 4.34. The minimum Gasteiger partial charge on any atom is -0.464 e. The number of carbonyl (C=O) groups excluding carboxylic acids is 2. The van der Waals surface area contributed by atoms with Crippen LogP contribution in [0.3, 0.4) is 0 Å². The molecule has 2 aromatic heterocycles. The van der Waals surface area contributed by atoms with E-state index < -0.39 is 0 Å². The number of ketones is 1. The van der Waals surface area contributed by atoms with Gasteiger partial charge in [-0.3, -0.25) is 14.5 Å². The van der Waals surface area contributed by atoms with Crippen LogP contribution in [0.5, 0.6) is 0 Å². The Hall–Kier alpha value is -2.48. The first-order valence-electron chi connectivity index (χ1n) is 9.84. The molecule has 1 N–H and O–H groups in total. The van der Waals surface area contributed by atoms with E-state index in [1.54, 1.807) is 0 Å². The Balaban J connectivity index is 1.26. The standard InChI is InChI=1S/C22H24N2O4S/c25-20(5-6-22(26)28-12-9-24-7-10-27-11-8-24)21-13-16(15-29-21)18-14-23-19-4-2-1-3-17(18)19/h1-4,13-15,23H,5-12H2. The topological polar surface area (TPSA) is 71.6 Å². The Morgan fingerprint density at radius 3 is 2.86 bits per heavy atom.